The van der Waals surface area contributed by atoms with E-state index in [0.29, 0.717) is 47.4 Å². The first-order chi connectivity index (χ1) is 12.5. The number of rotatable bonds is 10. The molecule has 8 heteroatoms. The maximum atomic E-state index is 12.0. The number of nitrogens with zero attached hydrogens (tertiary/aromatic N) is 3. The summed E-state index contributed by atoms with van der Waals surface area (Å²) in [5.74, 6) is 1.43. The van der Waals surface area contributed by atoms with Gasteiger partial charge in [-0.3, -0.25) is 4.79 Å². The number of aromatic nitrogens is 3. The average molecular weight is 397 g/mol. The van der Waals surface area contributed by atoms with E-state index >= 15 is 0 Å². The summed E-state index contributed by atoms with van der Waals surface area (Å²) in [4.78, 5) is 12.0. The molecule has 142 valence electrons. The maximum absolute atomic E-state index is 12.0. The van der Waals surface area contributed by atoms with Gasteiger partial charge in [0, 0.05) is 32.4 Å². The molecule has 1 heterocycles. The molecule has 0 fully saturated rings. The highest BCUT2D eigenvalue weighted by Gasteiger charge is 2.17. The largest absolute Gasteiger partial charge is 0.385 e. The zero-order valence-corrected chi connectivity index (χ0v) is 16.9. The Bertz CT molecular complexity index is 721. The van der Waals surface area contributed by atoms with Gasteiger partial charge in [0.15, 0.2) is 11.0 Å². The lowest BCUT2D eigenvalue weighted by Crippen LogP contribution is -2.28. The Morgan fingerprint density at radius 1 is 1.35 bits per heavy atom. The molecule has 1 aromatic carbocycles. The van der Waals surface area contributed by atoms with Crippen molar-refractivity contribution in [3.05, 3.63) is 29.3 Å². The minimum absolute atomic E-state index is 0.00515. The zero-order chi connectivity index (χ0) is 18.9. The third-order valence-corrected chi connectivity index (χ3v) is 4.90. The normalized spacial score (nSPS) is 11.1. The van der Waals surface area contributed by atoms with Crippen LogP contribution in [-0.2, 0) is 16.1 Å². The average Bonchev–Trinajstić information content (AvgIpc) is 3.01. The van der Waals surface area contributed by atoms with Crippen LogP contribution in [0.3, 0.4) is 0 Å². The second-order valence-electron chi connectivity index (χ2n) is 6.27. The summed E-state index contributed by atoms with van der Waals surface area (Å²) >= 11 is 7.70. The van der Waals surface area contributed by atoms with Gasteiger partial charge in [-0.2, -0.15) is 0 Å². The van der Waals surface area contributed by atoms with Gasteiger partial charge in [-0.25, -0.2) is 0 Å². The van der Waals surface area contributed by atoms with Gasteiger partial charge >= 0.3 is 0 Å². The van der Waals surface area contributed by atoms with Crippen molar-refractivity contribution in [3.63, 3.8) is 0 Å². The first kappa shape index (κ1) is 20.7. The Morgan fingerprint density at radius 2 is 2.12 bits per heavy atom. The Kier molecular flexibility index (Phi) is 8.41. The van der Waals surface area contributed by atoms with Crippen molar-refractivity contribution < 1.29 is 9.53 Å². The van der Waals surface area contributed by atoms with Gasteiger partial charge in [0.2, 0.25) is 5.91 Å². The van der Waals surface area contributed by atoms with Crippen LogP contribution < -0.4 is 5.32 Å². The van der Waals surface area contributed by atoms with E-state index in [0.717, 1.165) is 12.0 Å². The van der Waals surface area contributed by atoms with Crippen LogP contribution in [0.4, 0.5) is 0 Å². The quantitative estimate of drug-likeness (QED) is 0.491. The Balaban J connectivity index is 2.15. The van der Waals surface area contributed by atoms with Gasteiger partial charge in [0.25, 0.3) is 0 Å². The van der Waals surface area contributed by atoms with Crippen molar-refractivity contribution in [3.8, 4) is 11.4 Å². The van der Waals surface area contributed by atoms with Gasteiger partial charge in [-0.1, -0.05) is 49.3 Å². The molecule has 1 N–H and O–H groups in total. The number of hydrogen-bond donors (Lipinski definition) is 1. The van der Waals surface area contributed by atoms with E-state index in [1.165, 1.54) is 11.8 Å². The Morgan fingerprint density at radius 3 is 2.81 bits per heavy atom. The minimum atomic E-state index is -0.00515. The van der Waals surface area contributed by atoms with Crippen molar-refractivity contribution in [2.45, 2.75) is 32.0 Å². The van der Waals surface area contributed by atoms with Crippen molar-refractivity contribution in [2.24, 2.45) is 5.92 Å². The van der Waals surface area contributed by atoms with Crippen LogP contribution in [0.15, 0.2) is 29.4 Å². The SMILES string of the molecule is COCCCn1c(SCC(=O)NCC(C)C)nnc1-c1ccccc1Cl. The van der Waals surface area contributed by atoms with Crippen LogP contribution >= 0.6 is 23.4 Å². The molecular weight excluding hydrogens is 372 g/mol. The molecule has 1 amide bonds. The maximum Gasteiger partial charge on any atom is 0.230 e. The van der Waals surface area contributed by atoms with Crippen LogP contribution in [0, 0.1) is 5.92 Å². The fourth-order valence-corrected chi connectivity index (χ4v) is 3.32. The van der Waals surface area contributed by atoms with Gasteiger partial charge in [-0.15, -0.1) is 10.2 Å². The van der Waals surface area contributed by atoms with Crippen molar-refractivity contribution in [1.82, 2.24) is 20.1 Å². The van der Waals surface area contributed by atoms with E-state index in [9.17, 15) is 4.79 Å². The molecule has 2 rings (SSSR count). The molecule has 26 heavy (non-hydrogen) atoms. The number of methoxy groups -OCH3 is 1. The lowest BCUT2D eigenvalue weighted by Gasteiger charge is -2.11. The fraction of sp³-hybridized carbons (Fsp3) is 0.500. The summed E-state index contributed by atoms with van der Waals surface area (Å²) in [5.41, 5.74) is 0.829. The third-order valence-electron chi connectivity index (χ3n) is 3.60. The van der Waals surface area contributed by atoms with Crippen molar-refractivity contribution >= 4 is 29.3 Å². The number of halogens is 1. The predicted molar refractivity (Wildman–Crippen MR) is 106 cm³/mol. The van der Waals surface area contributed by atoms with E-state index in [2.05, 4.69) is 29.4 Å². The number of benzene rings is 1. The summed E-state index contributed by atoms with van der Waals surface area (Å²) in [5, 5.41) is 12.8. The Labute approximate surface area is 163 Å². The first-order valence-electron chi connectivity index (χ1n) is 8.59. The van der Waals surface area contributed by atoms with E-state index in [1.54, 1.807) is 7.11 Å². The van der Waals surface area contributed by atoms with Crippen LogP contribution in [0.2, 0.25) is 5.02 Å². The smallest absolute Gasteiger partial charge is 0.230 e. The van der Waals surface area contributed by atoms with Gasteiger partial charge in [0.1, 0.15) is 0 Å². The number of thioether (sulfide) groups is 1. The second-order valence-corrected chi connectivity index (χ2v) is 7.62. The predicted octanol–water partition coefficient (Wildman–Crippen LogP) is 3.50. The van der Waals surface area contributed by atoms with Gasteiger partial charge < -0.3 is 14.6 Å². The van der Waals surface area contributed by atoms with E-state index < -0.39 is 0 Å². The van der Waals surface area contributed by atoms with Crippen molar-refractivity contribution in [2.75, 3.05) is 26.0 Å². The third kappa shape index (κ3) is 6.00. The van der Waals surface area contributed by atoms with E-state index in [4.69, 9.17) is 16.3 Å². The molecule has 0 aliphatic heterocycles. The van der Waals surface area contributed by atoms with Crippen molar-refractivity contribution in [1.29, 1.82) is 0 Å². The molecule has 0 saturated heterocycles. The Hall–Kier alpha value is -1.57. The summed E-state index contributed by atoms with van der Waals surface area (Å²) in [6.45, 7) is 6.13. The second kappa shape index (κ2) is 10.5. The van der Waals surface area contributed by atoms with E-state index in [-0.39, 0.29) is 5.91 Å². The molecule has 1 aromatic heterocycles. The molecule has 0 saturated carbocycles. The first-order valence-corrected chi connectivity index (χ1v) is 9.95. The summed E-state index contributed by atoms with van der Waals surface area (Å²) < 4.78 is 7.15. The van der Waals surface area contributed by atoms with Crippen LogP contribution in [0.1, 0.15) is 20.3 Å². The molecule has 0 spiro atoms. The monoisotopic (exact) mass is 396 g/mol. The van der Waals surface area contributed by atoms with E-state index in [1.807, 2.05) is 28.8 Å². The minimum Gasteiger partial charge on any atom is -0.385 e. The van der Waals surface area contributed by atoms with Crippen LogP contribution in [0.25, 0.3) is 11.4 Å². The standard InChI is InChI=1S/C18H25ClN4O2S/c1-13(2)11-20-16(24)12-26-18-22-21-17(23(18)9-6-10-25-3)14-7-4-5-8-15(14)19/h4-5,7-8,13H,6,9-12H2,1-3H3,(H,20,24). The number of ether oxygens (including phenoxy) is 1. The van der Waals surface area contributed by atoms with Crippen LogP contribution in [-0.4, -0.2) is 46.7 Å². The number of nitrogens with one attached hydrogen (secondary N) is 1. The molecule has 0 aliphatic carbocycles. The fourth-order valence-electron chi connectivity index (χ4n) is 2.30. The van der Waals surface area contributed by atoms with Gasteiger partial charge in [-0.05, 0) is 24.5 Å². The topological polar surface area (TPSA) is 69.0 Å². The van der Waals surface area contributed by atoms with Crippen LogP contribution in [0.5, 0.6) is 0 Å². The molecule has 2 aromatic rings. The molecule has 0 radical (unpaired) electrons. The number of hydrogen-bond acceptors (Lipinski definition) is 5. The lowest BCUT2D eigenvalue weighted by molar-refractivity contribution is -0.118. The molecule has 0 atom stereocenters. The number of carbonyl (C=O) groups is 1. The lowest BCUT2D eigenvalue weighted by atomic mass is 10.2. The number of amides is 1. The molecule has 0 aliphatic rings. The molecule has 6 nitrogen and oxygen atoms in total. The highest BCUT2D eigenvalue weighted by molar-refractivity contribution is 7.99. The highest BCUT2D eigenvalue weighted by atomic mass is 35.5. The molecular formula is C18H25ClN4O2S. The molecule has 0 bridgehead atoms. The highest BCUT2D eigenvalue weighted by Crippen LogP contribution is 2.29. The zero-order valence-electron chi connectivity index (χ0n) is 15.4. The summed E-state index contributed by atoms with van der Waals surface area (Å²) in [6, 6.07) is 7.55. The summed E-state index contributed by atoms with van der Waals surface area (Å²) in [6.07, 6.45) is 0.819. The molecule has 0 unspecified atom stereocenters. The number of carbonyl (C=O) groups excluding carboxylic acids is 1. The van der Waals surface area contributed by atoms with Gasteiger partial charge in [0.05, 0.1) is 10.8 Å². The summed E-state index contributed by atoms with van der Waals surface area (Å²) in [7, 11) is 1.68.